The topological polar surface area (TPSA) is 104 Å². The number of carboxylic acids is 1. The Hall–Kier alpha value is -5.30. The van der Waals surface area contributed by atoms with Crippen LogP contribution in [0.5, 0.6) is 5.75 Å². The number of rotatable bonds is 7. The van der Waals surface area contributed by atoms with Crippen molar-refractivity contribution in [3.05, 3.63) is 148 Å². The van der Waals surface area contributed by atoms with E-state index in [2.05, 4.69) is 14.9 Å². The van der Waals surface area contributed by atoms with E-state index in [0.29, 0.717) is 24.2 Å². The molecular weight excluding hydrogens is 526 g/mol. The van der Waals surface area contributed by atoms with E-state index in [1.807, 2.05) is 68.4 Å². The third-order valence-corrected chi connectivity index (χ3v) is 7.91. The summed E-state index contributed by atoms with van der Waals surface area (Å²) in [5.74, 6) is -1.09. The van der Waals surface area contributed by atoms with Gasteiger partial charge in [0.05, 0.1) is 30.0 Å². The number of carboxylic acid groups (broad SMARTS) is 1. The lowest BCUT2D eigenvalue weighted by molar-refractivity contribution is -0.110. The first kappa shape index (κ1) is 26.9. The molecule has 7 nitrogen and oxygen atoms in total. The highest BCUT2D eigenvalue weighted by Crippen LogP contribution is 2.51. The number of aromatic nitrogens is 2. The molecule has 0 saturated heterocycles. The van der Waals surface area contributed by atoms with Crippen LogP contribution in [0.15, 0.2) is 115 Å². The number of nitrogens with zero attached hydrogens (tertiary/aromatic N) is 3. The predicted octanol–water partition coefficient (Wildman–Crippen LogP) is 6.25. The zero-order chi connectivity index (χ0) is 29.4. The fraction of sp³-hybridized carbons (Fsp3) is 0.143. The highest BCUT2D eigenvalue weighted by Gasteiger charge is 2.39. The van der Waals surface area contributed by atoms with Crippen molar-refractivity contribution < 1.29 is 19.8 Å². The van der Waals surface area contributed by atoms with Crippen LogP contribution >= 0.6 is 0 Å². The summed E-state index contributed by atoms with van der Waals surface area (Å²) >= 11 is 0. The van der Waals surface area contributed by atoms with Gasteiger partial charge in [-0.2, -0.15) is 0 Å². The van der Waals surface area contributed by atoms with Crippen molar-refractivity contribution in [1.29, 1.82) is 0 Å². The number of hydrogen-bond acceptors (Lipinski definition) is 6. The van der Waals surface area contributed by atoms with Crippen LogP contribution in [0.2, 0.25) is 0 Å². The zero-order valence-corrected chi connectivity index (χ0v) is 23.3. The lowest BCUT2D eigenvalue weighted by Gasteiger charge is -2.39. The molecule has 0 aliphatic heterocycles. The minimum absolute atomic E-state index is 0.104. The van der Waals surface area contributed by atoms with Crippen LogP contribution in [0.3, 0.4) is 0 Å². The second kappa shape index (κ2) is 10.6. The summed E-state index contributed by atoms with van der Waals surface area (Å²) < 4.78 is 0. The van der Waals surface area contributed by atoms with Crippen LogP contribution in [0.25, 0.3) is 5.57 Å². The number of phenolic OH excluding ortho intramolecular Hbond substituents is 1. The molecule has 0 bridgehead atoms. The Morgan fingerprint density at radius 2 is 1.55 bits per heavy atom. The molecule has 208 valence electrons. The summed E-state index contributed by atoms with van der Waals surface area (Å²) in [6.07, 6.45) is 8.41. The number of ketones is 1. The smallest absolute Gasteiger partial charge is 0.336 e. The monoisotopic (exact) mass is 555 g/mol. The number of phenols is 1. The normalized spacial score (nSPS) is 15.1. The Labute approximate surface area is 243 Å². The summed E-state index contributed by atoms with van der Waals surface area (Å²) in [6, 6.07) is 22.0. The van der Waals surface area contributed by atoms with Crippen LogP contribution in [0, 0.1) is 0 Å². The molecule has 0 saturated carbocycles. The highest BCUT2D eigenvalue weighted by molar-refractivity contribution is 6.07. The van der Waals surface area contributed by atoms with Crippen molar-refractivity contribution in [3.63, 3.8) is 0 Å². The first-order chi connectivity index (χ1) is 20.2. The quantitative estimate of drug-likeness (QED) is 0.278. The Balaban J connectivity index is 1.58. The maximum absolute atomic E-state index is 12.7. The van der Waals surface area contributed by atoms with E-state index >= 15 is 0 Å². The van der Waals surface area contributed by atoms with E-state index in [-0.39, 0.29) is 17.1 Å². The summed E-state index contributed by atoms with van der Waals surface area (Å²) in [4.78, 5) is 36.4. The Bertz CT molecular complexity index is 1760. The summed E-state index contributed by atoms with van der Waals surface area (Å²) in [6.45, 7) is 4.98. The number of aromatic carboxylic acids is 1. The molecule has 2 aromatic heterocycles. The first-order valence-electron chi connectivity index (χ1n) is 13.7. The second-order valence-corrected chi connectivity index (χ2v) is 11.0. The van der Waals surface area contributed by atoms with Gasteiger partial charge in [-0.05, 0) is 100 Å². The van der Waals surface area contributed by atoms with Gasteiger partial charge >= 0.3 is 5.97 Å². The number of pyridine rings is 2. The van der Waals surface area contributed by atoms with E-state index in [1.54, 1.807) is 42.7 Å². The molecule has 0 fully saturated rings. The average Bonchev–Trinajstić information content (AvgIpc) is 2.98. The number of hydrogen-bond donors (Lipinski definition) is 2. The molecular formula is C35H29N3O4. The Morgan fingerprint density at radius 3 is 2.17 bits per heavy atom. The minimum Gasteiger partial charge on any atom is -0.508 e. The first-order valence-corrected chi connectivity index (χ1v) is 13.7. The van der Waals surface area contributed by atoms with Crippen molar-refractivity contribution in [3.8, 4) is 5.75 Å². The fourth-order valence-corrected chi connectivity index (χ4v) is 5.84. The largest absolute Gasteiger partial charge is 0.508 e. The molecule has 6 rings (SSSR count). The Morgan fingerprint density at radius 1 is 0.857 bits per heavy atom. The number of benzene rings is 2. The van der Waals surface area contributed by atoms with E-state index in [9.17, 15) is 19.8 Å². The number of carbonyl (C=O) groups is 2. The SMILES string of the molecule is CC1(C)C2=CC(=O)C=CC2=C(c2cc(N(Cc3ccccn3)Cc3ccccn3)ccc2C(=O)O)c2ccc(O)cc21. The molecule has 7 heteroatoms. The molecule has 2 aromatic carbocycles. The molecule has 0 spiro atoms. The van der Waals surface area contributed by atoms with E-state index < -0.39 is 11.4 Å². The predicted molar refractivity (Wildman–Crippen MR) is 161 cm³/mol. The number of carbonyl (C=O) groups excluding carboxylic acids is 1. The molecule has 2 N–H and O–H groups in total. The average molecular weight is 556 g/mol. The number of fused-ring (bicyclic) bond motifs is 2. The lowest BCUT2D eigenvalue weighted by Crippen LogP contribution is -2.29. The third-order valence-electron chi connectivity index (χ3n) is 7.91. The molecule has 2 aliphatic carbocycles. The van der Waals surface area contributed by atoms with E-state index in [4.69, 9.17) is 0 Å². The van der Waals surface area contributed by atoms with Gasteiger partial charge in [0.25, 0.3) is 0 Å². The van der Waals surface area contributed by atoms with Gasteiger partial charge in [0.1, 0.15) is 5.75 Å². The van der Waals surface area contributed by atoms with Crippen molar-refractivity contribution >= 4 is 23.0 Å². The molecule has 0 unspecified atom stereocenters. The lowest BCUT2D eigenvalue weighted by atomic mass is 9.64. The van der Waals surface area contributed by atoms with Gasteiger partial charge < -0.3 is 15.1 Å². The van der Waals surface area contributed by atoms with Gasteiger partial charge in [-0.1, -0.05) is 38.1 Å². The number of aromatic hydroxyl groups is 1. The van der Waals surface area contributed by atoms with Gasteiger partial charge in [-0.15, -0.1) is 0 Å². The number of allylic oxidation sites excluding steroid dienone is 5. The summed E-state index contributed by atoms with van der Waals surface area (Å²) in [5, 5.41) is 20.8. The van der Waals surface area contributed by atoms with Crippen LogP contribution in [-0.2, 0) is 23.3 Å². The van der Waals surface area contributed by atoms with Crippen LogP contribution in [-0.4, -0.2) is 31.9 Å². The van der Waals surface area contributed by atoms with Crippen LogP contribution < -0.4 is 4.90 Å². The van der Waals surface area contributed by atoms with Crippen LogP contribution in [0.4, 0.5) is 5.69 Å². The minimum atomic E-state index is -1.06. The molecule has 2 aliphatic rings. The van der Waals surface area contributed by atoms with Crippen molar-refractivity contribution in [2.75, 3.05) is 4.90 Å². The van der Waals surface area contributed by atoms with Crippen molar-refractivity contribution in [1.82, 2.24) is 9.97 Å². The maximum Gasteiger partial charge on any atom is 0.336 e. The molecule has 0 amide bonds. The summed E-state index contributed by atoms with van der Waals surface area (Å²) in [5.41, 5.74) is 6.48. The van der Waals surface area contributed by atoms with Gasteiger partial charge in [-0.25, -0.2) is 4.79 Å². The second-order valence-electron chi connectivity index (χ2n) is 11.0. The van der Waals surface area contributed by atoms with E-state index in [1.165, 1.54) is 6.08 Å². The standard InChI is InChI=1S/C35H29N3O4/c1-35(2)31-18-25(39)10-13-28(31)33(29-14-11-26(40)19-32(29)35)30-17-24(9-12-27(30)34(41)42)38(20-22-7-3-5-15-36-22)21-23-8-4-6-16-37-23/h3-19,39H,20-21H2,1-2H3,(H,41,42). The van der Waals surface area contributed by atoms with Gasteiger partial charge in [0.15, 0.2) is 5.78 Å². The third kappa shape index (κ3) is 4.90. The molecule has 0 radical (unpaired) electrons. The highest BCUT2D eigenvalue weighted by atomic mass is 16.4. The van der Waals surface area contributed by atoms with Crippen molar-refractivity contribution in [2.24, 2.45) is 0 Å². The van der Waals surface area contributed by atoms with Gasteiger partial charge in [0.2, 0.25) is 0 Å². The van der Waals surface area contributed by atoms with Crippen molar-refractivity contribution in [2.45, 2.75) is 32.4 Å². The van der Waals surface area contributed by atoms with Gasteiger partial charge in [0, 0.05) is 23.5 Å². The number of anilines is 1. The maximum atomic E-state index is 12.7. The zero-order valence-electron chi connectivity index (χ0n) is 23.3. The Kier molecular flexibility index (Phi) is 6.78. The molecule has 4 aromatic rings. The molecule has 2 heterocycles. The molecule has 0 atom stereocenters. The van der Waals surface area contributed by atoms with E-state index in [0.717, 1.165) is 39.3 Å². The fourth-order valence-electron chi connectivity index (χ4n) is 5.84. The van der Waals surface area contributed by atoms with Crippen LogP contribution in [0.1, 0.15) is 52.3 Å². The molecule has 42 heavy (non-hydrogen) atoms. The summed E-state index contributed by atoms with van der Waals surface area (Å²) in [7, 11) is 0. The van der Waals surface area contributed by atoms with Gasteiger partial charge in [-0.3, -0.25) is 14.8 Å².